The van der Waals surface area contributed by atoms with Crippen LogP contribution in [0.4, 0.5) is 5.69 Å². The highest BCUT2D eigenvalue weighted by Gasteiger charge is 2.30. The summed E-state index contributed by atoms with van der Waals surface area (Å²) in [5, 5.41) is 0.0926. The van der Waals surface area contributed by atoms with Crippen LogP contribution in [-0.2, 0) is 45.4 Å². The first-order chi connectivity index (χ1) is 13.2. The zero-order chi connectivity index (χ0) is 22.2. The molecule has 10 nitrogen and oxygen atoms in total. The first-order valence-corrected chi connectivity index (χ1v) is 14.5. The SMILES string of the molecule is CCOS(=O)c1ccc2c(N(S(C)(=O)=O)S(C)(=O)=O)cccc2c1OS(C)(=O)=O. The number of rotatable bonds is 8. The van der Waals surface area contributed by atoms with Crippen molar-refractivity contribution < 1.29 is 37.8 Å². The zero-order valence-corrected chi connectivity index (χ0v) is 19.1. The van der Waals surface area contributed by atoms with Crippen molar-refractivity contribution in [2.24, 2.45) is 0 Å². The Morgan fingerprint density at radius 2 is 1.48 bits per heavy atom. The normalized spacial score (nSPS) is 13.9. The van der Waals surface area contributed by atoms with Crippen molar-refractivity contribution >= 4 is 57.7 Å². The lowest BCUT2D eigenvalue weighted by molar-refractivity contribution is 0.370. The van der Waals surface area contributed by atoms with E-state index in [2.05, 4.69) is 0 Å². The first-order valence-electron chi connectivity index (χ1n) is 7.87. The monoisotopic (exact) mass is 485 g/mol. The van der Waals surface area contributed by atoms with Gasteiger partial charge in [0.2, 0.25) is 20.0 Å². The molecule has 1 unspecified atom stereocenters. The topological polar surface area (TPSA) is 141 Å². The molecule has 29 heavy (non-hydrogen) atoms. The van der Waals surface area contributed by atoms with Gasteiger partial charge in [-0.25, -0.2) is 21.0 Å². The fraction of sp³-hybridized carbons (Fsp3) is 0.333. The largest absolute Gasteiger partial charge is 0.381 e. The second-order valence-corrected chi connectivity index (χ2v) is 12.5. The highest BCUT2D eigenvalue weighted by atomic mass is 32.3. The van der Waals surface area contributed by atoms with E-state index in [-0.39, 0.29) is 37.4 Å². The Morgan fingerprint density at radius 1 is 0.897 bits per heavy atom. The number of benzene rings is 2. The minimum atomic E-state index is -4.25. The van der Waals surface area contributed by atoms with Gasteiger partial charge < -0.3 is 4.18 Å². The lowest BCUT2D eigenvalue weighted by atomic mass is 10.1. The second-order valence-electron chi connectivity index (χ2n) is 5.92. The third kappa shape index (κ3) is 5.45. The number of sulfonamides is 2. The summed E-state index contributed by atoms with van der Waals surface area (Å²) in [4.78, 5) is -0.104. The lowest BCUT2D eigenvalue weighted by Crippen LogP contribution is -2.35. The molecule has 0 aliphatic heterocycles. The summed E-state index contributed by atoms with van der Waals surface area (Å²) in [5.41, 5.74) is -0.236. The summed E-state index contributed by atoms with van der Waals surface area (Å²) in [6.07, 6.45) is 2.22. The van der Waals surface area contributed by atoms with Crippen LogP contribution in [-0.4, -0.2) is 54.8 Å². The molecule has 0 aromatic heterocycles. The molecule has 1 atom stereocenters. The van der Waals surface area contributed by atoms with E-state index in [0.29, 0.717) is 0 Å². The van der Waals surface area contributed by atoms with Crippen molar-refractivity contribution in [3.05, 3.63) is 30.3 Å². The summed E-state index contributed by atoms with van der Waals surface area (Å²) >= 11 is -2.08. The Bertz CT molecular complexity index is 1250. The average molecular weight is 486 g/mol. The fourth-order valence-electron chi connectivity index (χ4n) is 2.60. The van der Waals surface area contributed by atoms with Crippen LogP contribution in [0.5, 0.6) is 5.75 Å². The molecule has 0 fully saturated rings. The van der Waals surface area contributed by atoms with Gasteiger partial charge in [-0.2, -0.15) is 12.1 Å². The molecule has 0 saturated heterocycles. The van der Waals surface area contributed by atoms with Crippen molar-refractivity contribution in [2.75, 3.05) is 29.1 Å². The smallest absolute Gasteiger partial charge is 0.306 e. The summed E-state index contributed by atoms with van der Waals surface area (Å²) in [7, 11) is -12.6. The van der Waals surface area contributed by atoms with Crippen molar-refractivity contribution in [1.29, 1.82) is 0 Å². The van der Waals surface area contributed by atoms with E-state index in [9.17, 15) is 29.5 Å². The molecule has 0 amide bonds. The van der Waals surface area contributed by atoms with Gasteiger partial charge in [-0.15, -0.1) is 0 Å². The van der Waals surface area contributed by atoms with Gasteiger partial charge in [0.05, 0.1) is 31.1 Å². The molecule has 0 saturated carbocycles. The third-order valence-corrected chi connectivity index (χ3v) is 8.21. The van der Waals surface area contributed by atoms with Crippen molar-refractivity contribution in [3.8, 4) is 5.75 Å². The van der Waals surface area contributed by atoms with Crippen LogP contribution in [0.2, 0.25) is 0 Å². The molecule has 0 aliphatic carbocycles. The quantitative estimate of drug-likeness (QED) is 0.500. The highest BCUT2D eigenvalue weighted by Crippen LogP contribution is 2.39. The van der Waals surface area contributed by atoms with E-state index in [4.69, 9.17) is 8.37 Å². The molecular formula is C15H19NO9S4. The molecule has 0 spiro atoms. The van der Waals surface area contributed by atoms with Crippen molar-refractivity contribution in [3.63, 3.8) is 0 Å². The van der Waals surface area contributed by atoms with Gasteiger partial charge in [0.1, 0.15) is 4.90 Å². The molecule has 0 radical (unpaired) electrons. The Balaban J connectivity index is 2.96. The average Bonchev–Trinajstić information content (AvgIpc) is 2.51. The van der Waals surface area contributed by atoms with Crippen LogP contribution in [0, 0.1) is 0 Å². The Labute approximate surface area is 172 Å². The molecule has 0 N–H and O–H groups in total. The minimum Gasteiger partial charge on any atom is -0.381 e. The second kappa shape index (κ2) is 8.18. The van der Waals surface area contributed by atoms with Gasteiger partial charge in [-0.1, -0.05) is 18.2 Å². The van der Waals surface area contributed by atoms with Crippen molar-refractivity contribution in [1.82, 2.24) is 0 Å². The van der Waals surface area contributed by atoms with Crippen LogP contribution in [0.25, 0.3) is 10.8 Å². The van der Waals surface area contributed by atoms with Gasteiger partial charge >= 0.3 is 10.1 Å². The number of anilines is 1. The molecule has 2 aromatic carbocycles. The maximum Gasteiger partial charge on any atom is 0.306 e. The summed E-state index contributed by atoms with van der Waals surface area (Å²) in [6, 6.07) is 6.49. The Kier molecular flexibility index (Phi) is 6.64. The van der Waals surface area contributed by atoms with Gasteiger partial charge in [0, 0.05) is 10.8 Å². The van der Waals surface area contributed by atoms with E-state index in [1.54, 1.807) is 6.92 Å². The van der Waals surface area contributed by atoms with E-state index >= 15 is 0 Å². The molecule has 162 valence electrons. The fourth-order valence-corrected chi connectivity index (χ4v) is 6.95. The Hall–Kier alpha value is -1.74. The van der Waals surface area contributed by atoms with E-state index in [0.717, 1.165) is 18.8 Å². The summed E-state index contributed by atoms with van der Waals surface area (Å²) in [6.45, 7) is 1.66. The predicted molar refractivity (Wildman–Crippen MR) is 110 cm³/mol. The molecule has 14 heteroatoms. The predicted octanol–water partition coefficient (Wildman–Crippen LogP) is 0.963. The van der Waals surface area contributed by atoms with E-state index in [1.807, 2.05) is 0 Å². The molecule has 0 aliphatic rings. The third-order valence-electron chi connectivity index (χ3n) is 3.39. The number of fused-ring (bicyclic) bond motifs is 1. The van der Waals surface area contributed by atoms with Crippen LogP contribution in [0.15, 0.2) is 35.2 Å². The van der Waals surface area contributed by atoms with Crippen molar-refractivity contribution in [2.45, 2.75) is 11.8 Å². The van der Waals surface area contributed by atoms with E-state index in [1.165, 1.54) is 30.3 Å². The molecular weight excluding hydrogens is 466 g/mol. The highest BCUT2D eigenvalue weighted by molar-refractivity contribution is 8.09. The van der Waals surface area contributed by atoms with Gasteiger partial charge in [0.25, 0.3) is 0 Å². The standard InChI is InChI=1S/C15H19NO9S4/c1-5-24-26(17)14-10-9-11-12(15(14)25-29(4,22)23)7-6-8-13(11)16(27(2,18)19)28(3,20)21/h6-10H,5H2,1-4H3. The Morgan fingerprint density at radius 3 is 1.97 bits per heavy atom. The van der Waals surface area contributed by atoms with Crippen LogP contribution in [0.1, 0.15) is 6.92 Å². The maximum absolute atomic E-state index is 12.3. The summed E-state index contributed by atoms with van der Waals surface area (Å²) < 4.78 is 94.7. The molecule has 2 rings (SSSR count). The number of hydrogen-bond donors (Lipinski definition) is 0. The molecule has 0 bridgehead atoms. The molecule has 0 heterocycles. The summed E-state index contributed by atoms with van der Waals surface area (Å²) in [5.74, 6) is -0.347. The van der Waals surface area contributed by atoms with Gasteiger partial charge in [-0.3, -0.25) is 4.18 Å². The maximum atomic E-state index is 12.3. The van der Waals surface area contributed by atoms with E-state index < -0.39 is 41.2 Å². The minimum absolute atomic E-state index is 0.0378. The van der Waals surface area contributed by atoms with Gasteiger partial charge in [0.15, 0.2) is 16.8 Å². The van der Waals surface area contributed by atoms with Crippen LogP contribution in [0.3, 0.4) is 0 Å². The molecule has 2 aromatic rings. The first kappa shape index (κ1) is 23.5. The van der Waals surface area contributed by atoms with Crippen LogP contribution >= 0.6 is 0 Å². The lowest BCUT2D eigenvalue weighted by Gasteiger charge is -2.22. The zero-order valence-electron chi connectivity index (χ0n) is 15.8. The number of nitrogens with zero attached hydrogens (tertiary/aromatic N) is 1. The number of hydrogen-bond acceptors (Lipinski definition) is 9. The van der Waals surface area contributed by atoms with Crippen LogP contribution < -0.4 is 7.89 Å². The van der Waals surface area contributed by atoms with Gasteiger partial charge in [-0.05, 0) is 19.1 Å².